The molecule has 0 bridgehead atoms. The zero-order valence-electron chi connectivity index (χ0n) is 18.3. The van der Waals surface area contributed by atoms with Gasteiger partial charge in [0.2, 0.25) is 5.91 Å². The number of carbonyl (C=O) groups is 2. The summed E-state index contributed by atoms with van der Waals surface area (Å²) in [7, 11) is 0. The van der Waals surface area contributed by atoms with Crippen LogP contribution in [0.15, 0.2) is 53.4 Å². The van der Waals surface area contributed by atoms with Crippen molar-refractivity contribution in [1.82, 2.24) is 10.2 Å². The summed E-state index contributed by atoms with van der Waals surface area (Å²) in [5.41, 5.74) is 4.49. The number of hydrogen-bond acceptors (Lipinski definition) is 3. The fourth-order valence-electron chi connectivity index (χ4n) is 4.29. The number of hydrogen-bond donors (Lipinski definition) is 1. The van der Waals surface area contributed by atoms with Gasteiger partial charge in [0.1, 0.15) is 6.54 Å². The highest BCUT2D eigenvalue weighted by molar-refractivity contribution is 8.04. The van der Waals surface area contributed by atoms with Crippen LogP contribution in [0.4, 0.5) is 0 Å². The van der Waals surface area contributed by atoms with Crippen LogP contribution in [0.2, 0.25) is 0 Å². The SMILES string of the molecule is Cc1ccc(/C=C2/SC3CCCCC3N(CC(=O)NCc3ccc(C)cc3)C2=O)cc1. The topological polar surface area (TPSA) is 49.4 Å². The molecular weight excluding hydrogens is 404 g/mol. The predicted molar refractivity (Wildman–Crippen MR) is 128 cm³/mol. The van der Waals surface area contributed by atoms with Gasteiger partial charge in [-0.2, -0.15) is 0 Å². The van der Waals surface area contributed by atoms with Crippen molar-refractivity contribution >= 4 is 29.7 Å². The Morgan fingerprint density at radius 3 is 2.39 bits per heavy atom. The van der Waals surface area contributed by atoms with Crippen LogP contribution in [0.25, 0.3) is 6.08 Å². The van der Waals surface area contributed by atoms with Crippen molar-refractivity contribution in [2.75, 3.05) is 6.54 Å². The number of nitrogens with zero attached hydrogens (tertiary/aromatic N) is 1. The molecule has 5 heteroatoms. The smallest absolute Gasteiger partial charge is 0.261 e. The molecule has 2 atom stereocenters. The highest BCUT2D eigenvalue weighted by Gasteiger charge is 2.41. The lowest BCUT2D eigenvalue weighted by Gasteiger charge is -2.43. The number of thioether (sulfide) groups is 1. The maximum Gasteiger partial charge on any atom is 0.261 e. The van der Waals surface area contributed by atoms with Gasteiger partial charge in [-0.15, -0.1) is 11.8 Å². The number of benzene rings is 2. The van der Waals surface area contributed by atoms with E-state index in [2.05, 4.69) is 24.4 Å². The maximum absolute atomic E-state index is 13.4. The first kappa shape index (κ1) is 21.7. The zero-order valence-corrected chi connectivity index (χ0v) is 19.1. The van der Waals surface area contributed by atoms with E-state index in [-0.39, 0.29) is 24.4 Å². The van der Waals surface area contributed by atoms with Crippen molar-refractivity contribution in [3.8, 4) is 0 Å². The minimum Gasteiger partial charge on any atom is -0.350 e. The molecule has 1 heterocycles. The van der Waals surface area contributed by atoms with Gasteiger partial charge >= 0.3 is 0 Å². The lowest BCUT2D eigenvalue weighted by atomic mass is 9.93. The molecule has 162 valence electrons. The summed E-state index contributed by atoms with van der Waals surface area (Å²) in [5, 5.41) is 3.36. The van der Waals surface area contributed by atoms with Crippen molar-refractivity contribution in [3.63, 3.8) is 0 Å². The lowest BCUT2D eigenvalue weighted by Crippen LogP contribution is -2.54. The van der Waals surface area contributed by atoms with Crippen LogP contribution in [-0.2, 0) is 16.1 Å². The van der Waals surface area contributed by atoms with Gasteiger partial charge < -0.3 is 10.2 Å². The van der Waals surface area contributed by atoms with Crippen LogP contribution in [0.3, 0.4) is 0 Å². The van der Waals surface area contributed by atoms with Crippen molar-refractivity contribution < 1.29 is 9.59 Å². The third-order valence-electron chi connectivity index (χ3n) is 6.12. The standard InChI is InChI=1S/C26H30N2O2S/c1-18-7-11-20(12-8-18)15-24-26(30)28(22-5-3-4-6-23(22)31-24)17-25(29)27-16-21-13-9-19(2)10-14-21/h7-15,22-23H,3-6,16-17H2,1-2H3,(H,27,29)/b24-15+. The average Bonchev–Trinajstić information content (AvgIpc) is 2.77. The van der Waals surface area contributed by atoms with Crippen molar-refractivity contribution in [3.05, 3.63) is 75.7 Å². The molecule has 2 amide bonds. The van der Waals surface area contributed by atoms with Crippen LogP contribution < -0.4 is 5.32 Å². The van der Waals surface area contributed by atoms with E-state index in [1.54, 1.807) is 11.8 Å². The number of nitrogens with one attached hydrogen (secondary N) is 1. The van der Waals surface area contributed by atoms with Crippen molar-refractivity contribution in [1.29, 1.82) is 0 Å². The third kappa shape index (κ3) is 5.40. The Balaban J connectivity index is 1.48. The van der Waals surface area contributed by atoms with Gasteiger partial charge in [0.15, 0.2) is 0 Å². The highest BCUT2D eigenvalue weighted by atomic mass is 32.2. The molecular formula is C26H30N2O2S. The van der Waals surface area contributed by atoms with Crippen LogP contribution in [0.1, 0.15) is 47.9 Å². The zero-order chi connectivity index (χ0) is 21.8. The van der Waals surface area contributed by atoms with Crippen LogP contribution >= 0.6 is 11.8 Å². The highest BCUT2D eigenvalue weighted by Crippen LogP contribution is 2.42. The number of aryl methyl sites for hydroxylation is 2. The third-order valence-corrected chi connectivity index (χ3v) is 7.52. The summed E-state index contributed by atoms with van der Waals surface area (Å²) in [4.78, 5) is 28.7. The first-order valence-electron chi connectivity index (χ1n) is 11.1. The van der Waals surface area contributed by atoms with E-state index < -0.39 is 0 Å². The van der Waals surface area contributed by atoms with Crippen LogP contribution in [0.5, 0.6) is 0 Å². The van der Waals surface area contributed by atoms with Crippen LogP contribution in [-0.4, -0.2) is 34.6 Å². The molecule has 2 unspecified atom stereocenters. The van der Waals surface area contributed by atoms with E-state index in [1.807, 2.05) is 54.3 Å². The summed E-state index contributed by atoms with van der Waals surface area (Å²) in [6.45, 7) is 4.71. The number of amides is 2. The lowest BCUT2D eigenvalue weighted by molar-refractivity contribution is -0.135. The fraction of sp³-hybridized carbons (Fsp3) is 0.385. The summed E-state index contributed by atoms with van der Waals surface area (Å²) in [6.07, 6.45) is 6.36. The summed E-state index contributed by atoms with van der Waals surface area (Å²) < 4.78 is 0. The quantitative estimate of drug-likeness (QED) is 0.685. The molecule has 4 nitrogen and oxygen atoms in total. The molecule has 1 aliphatic carbocycles. The molecule has 2 aromatic rings. The van der Waals surface area contributed by atoms with Gasteiger partial charge in [-0.25, -0.2) is 0 Å². The second-order valence-electron chi connectivity index (χ2n) is 8.62. The van der Waals surface area contributed by atoms with Gasteiger partial charge in [-0.1, -0.05) is 72.5 Å². The number of rotatable bonds is 5. The first-order valence-corrected chi connectivity index (χ1v) is 12.0. The van der Waals surface area contributed by atoms with E-state index >= 15 is 0 Å². The molecule has 2 aromatic carbocycles. The van der Waals surface area contributed by atoms with Crippen molar-refractivity contribution in [2.45, 2.75) is 57.4 Å². The van der Waals surface area contributed by atoms with Crippen LogP contribution in [0, 0.1) is 13.8 Å². The van der Waals surface area contributed by atoms with E-state index in [1.165, 1.54) is 17.5 Å². The number of carbonyl (C=O) groups excluding carboxylic acids is 2. The second kappa shape index (κ2) is 9.73. The summed E-state index contributed by atoms with van der Waals surface area (Å²) in [5.74, 6) is -0.112. The molecule has 0 radical (unpaired) electrons. The molecule has 31 heavy (non-hydrogen) atoms. The Labute approximate surface area is 189 Å². The Morgan fingerprint density at radius 1 is 1.03 bits per heavy atom. The van der Waals surface area contributed by atoms with Gasteiger partial charge in [0.05, 0.1) is 4.91 Å². The first-order chi connectivity index (χ1) is 15.0. The van der Waals surface area contributed by atoms with Gasteiger partial charge in [-0.3, -0.25) is 9.59 Å². The predicted octanol–water partition coefficient (Wildman–Crippen LogP) is 4.85. The molecule has 0 aromatic heterocycles. The largest absolute Gasteiger partial charge is 0.350 e. The van der Waals surface area contributed by atoms with Gasteiger partial charge in [-0.05, 0) is 43.9 Å². The van der Waals surface area contributed by atoms with Crippen molar-refractivity contribution in [2.24, 2.45) is 0 Å². The summed E-state index contributed by atoms with van der Waals surface area (Å²) in [6, 6.07) is 16.5. The van der Waals surface area contributed by atoms with E-state index in [4.69, 9.17) is 0 Å². The van der Waals surface area contributed by atoms with Gasteiger partial charge in [0, 0.05) is 17.8 Å². The Hall–Kier alpha value is -2.53. The van der Waals surface area contributed by atoms with Gasteiger partial charge in [0.25, 0.3) is 5.91 Å². The normalized spacial score (nSPS) is 22.3. The van der Waals surface area contributed by atoms with E-state index in [9.17, 15) is 9.59 Å². The number of fused-ring (bicyclic) bond motifs is 1. The molecule has 2 fully saturated rings. The average molecular weight is 435 g/mol. The molecule has 4 rings (SSSR count). The second-order valence-corrected chi connectivity index (χ2v) is 9.90. The van der Waals surface area contributed by atoms with E-state index in [0.29, 0.717) is 11.8 Å². The molecule has 1 N–H and O–H groups in total. The summed E-state index contributed by atoms with van der Waals surface area (Å²) >= 11 is 1.70. The minimum atomic E-state index is -0.0974. The Morgan fingerprint density at radius 2 is 1.68 bits per heavy atom. The molecule has 0 spiro atoms. The molecule has 1 saturated carbocycles. The minimum absolute atomic E-state index is 0.0146. The molecule has 2 aliphatic rings. The molecule has 1 saturated heterocycles. The fourth-order valence-corrected chi connectivity index (χ4v) is 5.77. The Kier molecular flexibility index (Phi) is 6.81. The maximum atomic E-state index is 13.4. The Bertz CT molecular complexity index is 966. The molecule has 1 aliphatic heterocycles. The van der Waals surface area contributed by atoms with E-state index in [0.717, 1.165) is 35.3 Å². The monoisotopic (exact) mass is 434 g/mol.